The molecule has 2 aromatic heterocycles. The first kappa shape index (κ1) is 33.2. The Morgan fingerprint density at radius 2 is 0.947 bits per heavy atom. The van der Waals surface area contributed by atoms with E-state index < -0.39 is 0 Å². The van der Waals surface area contributed by atoms with Gasteiger partial charge in [0.25, 0.3) is 0 Å². The summed E-state index contributed by atoms with van der Waals surface area (Å²) in [5, 5.41) is 5.02. The Hall–Kier alpha value is -7.20. The maximum Gasteiger partial charge on any atom is 0.0562 e. The van der Waals surface area contributed by atoms with Crippen molar-refractivity contribution in [2.45, 2.75) is 0 Å². The van der Waals surface area contributed by atoms with Crippen LogP contribution in [0.4, 0.5) is 17.1 Å². The third-order valence-corrected chi connectivity index (χ3v) is 12.4. The average Bonchev–Trinajstić information content (AvgIpc) is 3.84. The van der Waals surface area contributed by atoms with Gasteiger partial charge in [-0.05, 0) is 76.9 Å². The molecule has 0 aliphatic carbocycles. The number of fused-ring (bicyclic) bond motifs is 6. The van der Waals surface area contributed by atoms with E-state index in [1.54, 1.807) is 0 Å². The van der Waals surface area contributed by atoms with Crippen molar-refractivity contribution in [3.63, 3.8) is 0 Å². The molecule has 0 bridgehead atoms. The van der Waals surface area contributed by atoms with Gasteiger partial charge in [0, 0.05) is 53.4 Å². The summed E-state index contributed by atoms with van der Waals surface area (Å²) in [5.74, 6) is 0. The van der Waals surface area contributed by atoms with Gasteiger partial charge in [-0.25, -0.2) is 0 Å². The van der Waals surface area contributed by atoms with Crippen LogP contribution < -0.4 is 4.90 Å². The van der Waals surface area contributed by atoms with E-state index in [2.05, 4.69) is 228 Å². The number of benzene rings is 9. The smallest absolute Gasteiger partial charge is 0.0562 e. The van der Waals surface area contributed by atoms with Gasteiger partial charge in [0.2, 0.25) is 0 Å². The van der Waals surface area contributed by atoms with Gasteiger partial charge in [0.05, 0.1) is 22.4 Å². The fraction of sp³-hybridized carbons (Fsp3) is 0. The number of para-hydroxylation sites is 3. The number of hydrogen-bond donors (Lipinski definition) is 0. The van der Waals surface area contributed by atoms with E-state index in [0.29, 0.717) is 0 Å². The second-order valence-electron chi connectivity index (χ2n) is 14.5. The van der Waals surface area contributed by atoms with Crippen LogP contribution >= 0.6 is 11.3 Å². The van der Waals surface area contributed by atoms with Gasteiger partial charge in [0.1, 0.15) is 0 Å². The van der Waals surface area contributed by atoms with E-state index in [0.717, 1.165) is 28.3 Å². The highest BCUT2D eigenvalue weighted by molar-refractivity contribution is 7.26. The lowest BCUT2D eigenvalue weighted by molar-refractivity contribution is 1.18. The van der Waals surface area contributed by atoms with E-state index >= 15 is 0 Å². The van der Waals surface area contributed by atoms with E-state index in [1.807, 2.05) is 11.3 Å². The van der Waals surface area contributed by atoms with E-state index in [1.165, 1.54) is 69.8 Å². The van der Waals surface area contributed by atoms with Crippen molar-refractivity contribution in [1.29, 1.82) is 0 Å². The SMILES string of the molecule is c1ccc(-c2ccc(N(c3ccccc3-c3cccc4c3sc3ccccc34)c3cccc4c3c3ccccc3n4-c3ccccc3)cc2-c2ccccc2)cc1. The van der Waals surface area contributed by atoms with Gasteiger partial charge in [-0.3, -0.25) is 0 Å². The van der Waals surface area contributed by atoms with E-state index in [-0.39, 0.29) is 0 Å². The van der Waals surface area contributed by atoms with Crippen LogP contribution in [0, 0.1) is 0 Å². The van der Waals surface area contributed by atoms with Crippen LogP contribution in [-0.2, 0) is 0 Å². The minimum Gasteiger partial charge on any atom is -0.309 e. The van der Waals surface area contributed by atoms with E-state index in [9.17, 15) is 0 Å². The summed E-state index contributed by atoms with van der Waals surface area (Å²) in [4.78, 5) is 2.51. The summed E-state index contributed by atoms with van der Waals surface area (Å²) in [7, 11) is 0. The van der Waals surface area contributed by atoms with Gasteiger partial charge >= 0.3 is 0 Å². The van der Waals surface area contributed by atoms with Crippen molar-refractivity contribution in [2.75, 3.05) is 4.90 Å². The predicted octanol–water partition coefficient (Wildman–Crippen LogP) is 15.6. The molecule has 0 saturated carbocycles. The number of aromatic nitrogens is 1. The Kier molecular flexibility index (Phi) is 8.04. The fourth-order valence-electron chi connectivity index (χ4n) is 8.70. The second kappa shape index (κ2) is 13.8. The lowest BCUT2D eigenvalue weighted by Crippen LogP contribution is -2.12. The monoisotopic (exact) mass is 744 g/mol. The zero-order chi connectivity index (χ0) is 37.7. The molecule has 11 aromatic rings. The van der Waals surface area contributed by atoms with Crippen LogP contribution in [0.15, 0.2) is 218 Å². The molecular formula is C54H36N2S. The molecule has 0 atom stereocenters. The third kappa shape index (κ3) is 5.55. The normalized spacial score (nSPS) is 11.5. The van der Waals surface area contributed by atoms with Crippen LogP contribution in [-0.4, -0.2) is 4.57 Å². The van der Waals surface area contributed by atoms with Gasteiger partial charge in [-0.2, -0.15) is 0 Å². The van der Waals surface area contributed by atoms with Crippen LogP contribution in [0.3, 0.4) is 0 Å². The minimum atomic E-state index is 1.09. The fourth-order valence-corrected chi connectivity index (χ4v) is 9.93. The molecule has 0 unspecified atom stereocenters. The van der Waals surface area contributed by atoms with Crippen molar-refractivity contribution in [1.82, 2.24) is 4.57 Å². The molecule has 0 aliphatic rings. The second-order valence-corrected chi connectivity index (χ2v) is 15.5. The summed E-state index contributed by atoms with van der Waals surface area (Å²) in [6, 6.07) is 79.4. The van der Waals surface area contributed by atoms with Gasteiger partial charge < -0.3 is 9.47 Å². The first-order valence-electron chi connectivity index (χ1n) is 19.4. The van der Waals surface area contributed by atoms with Crippen LogP contribution in [0.2, 0.25) is 0 Å². The molecule has 0 N–H and O–H groups in total. The number of nitrogens with zero attached hydrogens (tertiary/aromatic N) is 2. The van der Waals surface area contributed by atoms with Gasteiger partial charge in [-0.15, -0.1) is 11.3 Å². The first-order valence-corrected chi connectivity index (χ1v) is 20.3. The van der Waals surface area contributed by atoms with Crippen molar-refractivity contribution in [3.05, 3.63) is 218 Å². The maximum atomic E-state index is 2.51. The van der Waals surface area contributed by atoms with Crippen LogP contribution in [0.5, 0.6) is 0 Å². The molecule has 0 amide bonds. The number of anilines is 3. The highest BCUT2D eigenvalue weighted by atomic mass is 32.1. The topological polar surface area (TPSA) is 8.17 Å². The highest BCUT2D eigenvalue weighted by Gasteiger charge is 2.25. The Bertz CT molecular complexity index is 3230. The molecule has 0 radical (unpaired) electrons. The summed E-state index contributed by atoms with van der Waals surface area (Å²) in [5.41, 5.74) is 14.0. The summed E-state index contributed by atoms with van der Waals surface area (Å²) in [6.45, 7) is 0. The number of hydrogen-bond acceptors (Lipinski definition) is 2. The molecule has 3 heteroatoms. The highest BCUT2D eigenvalue weighted by Crippen LogP contribution is 2.50. The average molecular weight is 745 g/mol. The Morgan fingerprint density at radius 1 is 0.368 bits per heavy atom. The molecule has 2 nitrogen and oxygen atoms in total. The minimum absolute atomic E-state index is 1.09. The van der Waals surface area contributed by atoms with Crippen molar-refractivity contribution in [3.8, 4) is 39.1 Å². The lowest BCUT2D eigenvalue weighted by atomic mass is 9.93. The van der Waals surface area contributed by atoms with Crippen molar-refractivity contribution >= 4 is 70.4 Å². The van der Waals surface area contributed by atoms with Crippen molar-refractivity contribution < 1.29 is 0 Å². The zero-order valence-electron chi connectivity index (χ0n) is 31.1. The van der Waals surface area contributed by atoms with Gasteiger partial charge in [-0.1, -0.05) is 164 Å². The molecular weight excluding hydrogens is 709 g/mol. The Balaban J connectivity index is 1.24. The Morgan fingerprint density at radius 3 is 1.75 bits per heavy atom. The molecule has 0 saturated heterocycles. The Labute approximate surface area is 335 Å². The molecule has 0 aliphatic heterocycles. The first-order chi connectivity index (χ1) is 28.3. The molecule has 2 heterocycles. The quantitative estimate of drug-likeness (QED) is 0.158. The maximum absolute atomic E-state index is 2.51. The summed E-state index contributed by atoms with van der Waals surface area (Å²) >= 11 is 1.88. The van der Waals surface area contributed by atoms with Crippen LogP contribution in [0.25, 0.3) is 81.0 Å². The molecule has 57 heavy (non-hydrogen) atoms. The summed E-state index contributed by atoms with van der Waals surface area (Å²) in [6.07, 6.45) is 0. The molecule has 0 spiro atoms. The van der Waals surface area contributed by atoms with Gasteiger partial charge in [0.15, 0.2) is 0 Å². The number of thiophene rings is 1. The summed E-state index contributed by atoms with van der Waals surface area (Å²) < 4.78 is 5.01. The van der Waals surface area contributed by atoms with Crippen molar-refractivity contribution in [2.24, 2.45) is 0 Å². The van der Waals surface area contributed by atoms with Crippen LogP contribution in [0.1, 0.15) is 0 Å². The predicted molar refractivity (Wildman–Crippen MR) is 245 cm³/mol. The molecule has 0 fully saturated rings. The standard InChI is InChI=1S/C54H36N2S/c1-4-18-37(19-5-1)41-35-34-40(36-47(41)38-20-6-2-7-21-38)56(48-29-13-10-24-42(48)44-27-16-28-45-43-25-12-15-33-52(43)57-54(44)45)51-32-17-31-50-53(51)46-26-11-14-30-49(46)55(50)39-22-8-3-9-23-39/h1-36H. The number of rotatable bonds is 7. The van der Waals surface area contributed by atoms with E-state index in [4.69, 9.17) is 0 Å². The molecule has 9 aromatic carbocycles. The molecule has 268 valence electrons. The largest absolute Gasteiger partial charge is 0.309 e. The third-order valence-electron chi connectivity index (χ3n) is 11.2. The molecule has 11 rings (SSSR count). The zero-order valence-corrected chi connectivity index (χ0v) is 31.9. The lowest BCUT2D eigenvalue weighted by Gasteiger charge is -2.30.